The van der Waals surface area contributed by atoms with Crippen molar-refractivity contribution in [3.05, 3.63) is 29.9 Å². The summed E-state index contributed by atoms with van der Waals surface area (Å²) in [5.74, 6) is 1.13. The second-order valence-electron chi connectivity index (χ2n) is 5.04. The maximum Gasteiger partial charge on any atom is 0.243 e. The number of ether oxygens (including phenoxy) is 1. The largest absolute Gasteiger partial charge is 0.496 e. The highest BCUT2D eigenvalue weighted by molar-refractivity contribution is 5.63. The van der Waals surface area contributed by atoms with E-state index in [4.69, 9.17) is 15.0 Å². The van der Waals surface area contributed by atoms with Crippen molar-refractivity contribution >= 4 is 0 Å². The minimum absolute atomic E-state index is 0.274. The lowest BCUT2D eigenvalue weighted by Gasteiger charge is -2.08. The van der Waals surface area contributed by atoms with E-state index >= 15 is 0 Å². The molecule has 0 fully saturated rings. The van der Waals surface area contributed by atoms with Gasteiger partial charge in [-0.15, -0.1) is 0 Å². The number of nitrogens with zero attached hydrogens (tertiary/aromatic N) is 2. The predicted octanol–water partition coefficient (Wildman–Crippen LogP) is 2.93. The van der Waals surface area contributed by atoms with E-state index in [1.807, 2.05) is 0 Å². The average molecular weight is 279 g/mol. The first-order valence-electron chi connectivity index (χ1n) is 6.44. The van der Waals surface area contributed by atoms with Crippen molar-refractivity contribution in [2.24, 2.45) is 11.7 Å². The van der Waals surface area contributed by atoms with Crippen molar-refractivity contribution in [1.82, 2.24) is 10.1 Å². The highest BCUT2D eigenvalue weighted by Crippen LogP contribution is 2.29. The van der Waals surface area contributed by atoms with Crippen LogP contribution in [0.5, 0.6) is 5.75 Å². The molecule has 2 N–H and O–H groups in total. The first-order valence-corrected chi connectivity index (χ1v) is 6.44. The molecule has 2 aromatic rings. The van der Waals surface area contributed by atoms with Gasteiger partial charge in [0.2, 0.25) is 11.7 Å². The summed E-state index contributed by atoms with van der Waals surface area (Å²) in [5.41, 5.74) is 6.43. The lowest BCUT2D eigenvalue weighted by atomic mass is 10.0. The Balaban J connectivity index is 2.31. The third kappa shape index (κ3) is 3.14. The Morgan fingerprint density at radius 3 is 2.80 bits per heavy atom. The smallest absolute Gasteiger partial charge is 0.243 e. The van der Waals surface area contributed by atoms with Gasteiger partial charge < -0.3 is 15.0 Å². The third-order valence-corrected chi connectivity index (χ3v) is 2.89. The fraction of sp³-hybridized carbons (Fsp3) is 0.429. The van der Waals surface area contributed by atoms with E-state index in [1.165, 1.54) is 25.3 Å². The maximum atomic E-state index is 13.3. The minimum Gasteiger partial charge on any atom is -0.496 e. The molecule has 0 radical (unpaired) electrons. The summed E-state index contributed by atoms with van der Waals surface area (Å²) in [6, 6.07) is 3.82. The molecule has 0 spiro atoms. The molecule has 5 nitrogen and oxygen atoms in total. The number of rotatable bonds is 5. The van der Waals surface area contributed by atoms with Crippen LogP contribution in [0.1, 0.15) is 32.2 Å². The van der Waals surface area contributed by atoms with Gasteiger partial charge in [0.15, 0.2) is 0 Å². The average Bonchev–Trinajstić information content (AvgIpc) is 2.87. The monoisotopic (exact) mass is 279 g/mol. The van der Waals surface area contributed by atoms with Crippen LogP contribution in [0.25, 0.3) is 11.4 Å². The Kier molecular flexibility index (Phi) is 4.34. The van der Waals surface area contributed by atoms with Crippen LogP contribution < -0.4 is 10.5 Å². The molecule has 1 atom stereocenters. The summed E-state index contributed by atoms with van der Waals surface area (Å²) in [6.07, 6.45) is 0.738. The SMILES string of the molecule is COc1ccc(F)cc1-c1noc([C@H](N)CC(C)C)n1. The molecule has 20 heavy (non-hydrogen) atoms. The molecule has 0 saturated carbocycles. The molecule has 1 heterocycles. The Labute approximate surface area is 116 Å². The van der Waals surface area contributed by atoms with Crippen LogP contribution in [0.3, 0.4) is 0 Å². The molecule has 0 unspecified atom stereocenters. The molecule has 1 aromatic carbocycles. The quantitative estimate of drug-likeness (QED) is 0.910. The maximum absolute atomic E-state index is 13.3. The van der Waals surface area contributed by atoms with Gasteiger partial charge in [0.25, 0.3) is 0 Å². The van der Waals surface area contributed by atoms with E-state index < -0.39 is 5.82 Å². The molecule has 0 bridgehead atoms. The van der Waals surface area contributed by atoms with E-state index in [-0.39, 0.29) is 11.9 Å². The zero-order valence-electron chi connectivity index (χ0n) is 11.8. The van der Waals surface area contributed by atoms with Crippen LogP contribution in [-0.2, 0) is 0 Å². The summed E-state index contributed by atoms with van der Waals surface area (Å²) in [5, 5.41) is 3.85. The molecule has 0 aliphatic rings. The fourth-order valence-corrected chi connectivity index (χ4v) is 1.96. The Morgan fingerprint density at radius 2 is 2.15 bits per heavy atom. The predicted molar refractivity (Wildman–Crippen MR) is 72.6 cm³/mol. The first-order chi connectivity index (χ1) is 9.51. The van der Waals surface area contributed by atoms with E-state index in [0.29, 0.717) is 23.1 Å². The topological polar surface area (TPSA) is 74.2 Å². The molecule has 0 aliphatic carbocycles. The Hall–Kier alpha value is -1.95. The Bertz CT molecular complexity index is 584. The summed E-state index contributed by atoms with van der Waals surface area (Å²) < 4.78 is 23.7. The van der Waals surface area contributed by atoms with Crippen molar-refractivity contribution in [3.63, 3.8) is 0 Å². The van der Waals surface area contributed by atoms with Crippen LogP contribution in [0.2, 0.25) is 0 Å². The van der Waals surface area contributed by atoms with Crippen LogP contribution in [0.4, 0.5) is 4.39 Å². The number of benzene rings is 1. The van der Waals surface area contributed by atoms with Crippen LogP contribution in [0, 0.1) is 11.7 Å². The molecule has 6 heteroatoms. The van der Waals surface area contributed by atoms with E-state index in [9.17, 15) is 4.39 Å². The van der Waals surface area contributed by atoms with Gasteiger partial charge in [-0.2, -0.15) is 4.98 Å². The Morgan fingerprint density at radius 1 is 1.40 bits per heavy atom. The molecule has 0 aliphatic heterocycles. The van der Waals surface area contributed by atoms with Gasteiger partial charge in [-0.3, -0.25) is 0 Å². The van der Waals surface area contributed by atoms with Gasteiger partial charge in [0.05, 0.1) is 18.7 Å². The van der Waals surface area contributed by atoms with Crippen molar-refractivity contribution < 1.29 is 13.7 Å². The molecule has 0 amide bonds. The molecule has 1 aromatic heterocycles. The van der Waals surface area contributed by atoms with Crippen molar-refractivity contribution in [2.75, 3.05) is 7.11 Å². The second kappa shape index (κ2) is 6.00. The van der Waals surface area contributed by atoms with E-state index in [2.05, 4.69) is 24.0 Å². The molecule has 2 rings (SSSR count). The lowest BCUT2D eigenvalue weighted by molar-refractivity contribution is 0.335. The van der Waals surface area contributed by atoms with Gasteiger partial charge in [-0.1, -0.05) is 19.0 Å². The lowest BCUT2D eigenvalue weighted by Crippen LogP contribution is -2.13. The summed E-state index contributed by atoms with van der Waals surface area (Å²) in [6.45, 7) is 4.12. The van der Waals surface area contributed by atoms with Crippen LogP contribution >= 0.6 is 0 Å². The highest BCUT2D eigenvalue weighted by Gasteiger charge is 2.19. The zero-order valence-corrected chi connectivity index (χ0v) is 11.8. The van der Waals surface area contributed by atoms with Crippen molar-refractivity contribution in [1.29, 1.82) is 0 Å². The number of methoxy groups -OCH3 is 1. The number of nitrogens with two attached hydrogens (primary N) is 1. The standard InChI is InChI=1S/C14H18FN3O2/c1-8(2)6-11(16)14-17-13(18-20-14)10-7-9(15)4-5-12(10)19-3/h4-5,7-8,11H,6,16H2,1-3H3/t11-/m1/s1. The zero-order chi connectivity index (χ0) is 14.7. The van der Waals surface area contributed by atoms with E-state index in [1.54, 1.807) is 0 Å². The van der Waals surface area contributed by atoms with Crippen LogP contribution in [-0.4, -0.2) is 17.3 Å². The molecular weight excluding hydrogens is 261 g/mol. The number of hydrogen-bond acceptors (Lipinski definition) is 5. The van der Waals surface area contributed by atoms with Crippen LogP contribution in [0.15, 0.2) is 22.7 Å². The third-order valence-electron chi connectivity index (χ3n) is 2.89. The van der Waals surface area contributed by atoms with Gasteiger partial charge >= 0.3 is 0 Å². The van der Waals surface area contributed by atoms with Gasteiger partial charge in [0, 0.05) is 0 Å². The number of aromatic nitrogens is 2. The highest BCUT2D eigenvalue weighted by atomic mass is 19.1. The molecule has 108 valence electrons. The summed E-state index contributed by atoms with van der Waals surface area (Å²) in [4.78, 5) is 4.23. The normalized spacial score (nSPS) is 12.7. The summed E-state index contributed by atoms with van der Waals surface area (Å²) >= 11 is 0. The van der Waals surface area contributed by atoms with Crippen molar-refractivity contribution in [2.45, 2.75) is 26.3 Å². The number of hydrogen-bond donors (Lipinski definition) is 1. The summed E-state index contributed by atoms with van der Waals surface area (Å²) in [7, 11) is 1.50. The van der Waals surface area contributed by atoms with E-state index in [0.717, 1.165) is 6.42 Å². The molecule has 0 saturated heterocycles. The first kappa shape index (κ1) is 14.5. The van der Waals surface area contributed by atoms with Gasteiger partial charge in [-0.25, -0.2) is 4.39 Å². The van der Waals surface area contributed by atoms with Crippen molar-refractivity contribution in [3.8, 4) is 17.1 Å². The second-order valence-corrected chi connectivity index (χ2v) is 5.04. The van der Waals surface area contributed by atoms with Gasteiger partial charge in [0.1, 0.15) is 11.6 Å². The minimum atomic E-state index is -0.390. The van der Waals surface area contributed by atoms with Gasteiger partial charge in [-0.05, 0) is 30.5 Å². The fourth-order valence-electron chi connectivity index (χ4n) is 1.96. The molecular formula is C14H18FN3O2. The number of halogens is 1.